The van der Waals surface area contributed by atoms with Crippen molar-refractivity contribution in [2.75, 3.05) is 13.7 Å². The second-order valence-corrected chi connectivity index (χ2v) is 4.56. The zero-order valence-corrected chi connectivity index (χ0v) is 11.8. The van der Waals surface area contributed by atoms with Crippen LogP contribution in [0.4, 0.5) is 0 Å². The number of ether oxygens (including phenoxy) is 2. The minimum Gasteiger partial charge on any atom is -0.497 e. The van der Waals surface area contributed by atoms with Gasteiger partial charge in [0, 0.05) is 6.42 Å². The molecule has 20 heavy (non-hydrogen) atoms. The Morgan fingerprint density at radius 1 is 1.10 bits per heavy atom. The van der Waals surface area contributed by atoms with Crippen molar-refractivity contribution in [3.05, 3.63) is 59.2 Å². The lowest BCUT2D eigenvalue weighted by atomic mass is 10.1. The van der Waals surface area contributed by atoms with Crippen LogP contribution in [0.5, 0.6) is 11.5 Å². The minimum absolute atomic E-state index is 0.540. The molecule has 104 valence electrons. The van der Waals surface area contributed by atoms with E-state index in [2.05, 4.69) is 0 Å². The number of aldehydes is 1. The van der Waals surface area contributed by atoms with Crippen LogP contribution in [0.1, 0.15) is 21.5 Å². The van der Waals surface area contributed by atoms with Gasteiger partial charge in [0.05, 0.1) is 19.3 Å². The third kappa shape index (κ3) is 3.38. The van der Waals surface area contributed by atoms with E-state index in [4.69, 9.17) is 9.47 Å². The lowest BCUT2D eigenvalue weighted by Crippen LogP contribution is -2.04. The normalized spacial score (nSPS) is 10.1. The maximum atomic E-state index is 11.0. The topological polar surface area (TPSA) is 35.5 Å². The van der Waals surface area contributed by atoms with Crippen LogP contribution in [-0.4, -0.2) is 20.0 Å². The molecule has 0 atom stereocenters. The Kier molecular flexibility index (Phi) is 4.77. The maximum Gasteiger partial charge on any atom is 0.153 e. The highest BCUT2D eigenvalue weighted by Crippen LogP contribution is 2.22. The van der Waals surface area contributed by atoms with Crippen molar-refractivity contribution in [1.82, 2.24) is 0 Å². The van der Waals surface area contributed by atoms with Crippen LogP contribution in [0.15, 0.2) is 42.5 Å². The summed E-state index contributed by atoms with van der Waals surface area (Å²) in [6.07, 6.45) is 1.62. The summed E-state index contributed by atoms with van der Waals surface area (Å²) in [6, 6.07) is 13.5. The number of carbonyl (C=O) groups is 1. The molecule has 2 aromatic carbocycles. The summed E-state index contributed by atoms with van der Waals surface area (Å²) in [7, 11) is 1.65. The molecule has 2 aromatic rings. The lowest BCUT2D eigenvalue weighted by molar-refractivity contribution is 0.111. The summed E-state index contributed by atoms with van der Waals surface area (Å²) in [4.78, 5) is 11.0. The van der Waals surface area contributed by atoms with Gasteiger partial charge in [0.1, 0.15) is 11.5 Å². The zero-order valence-electron chi connectivity index (χ0n) is 11.8. The van der Waals surface area contributed by atoms with E-state index in [-0.39, 0.29) is 0 Å². The number of rotatable bonds is 6. The van der Waals surface area contributed by atoms with E-state index in [1.807, 2.05) is 43.3 Å². The van der Waals surface area contributed by atoms with Crippen LogP contribution in [-0.2, 0) is 6.42 Å². The quantitative estimate of drug-likeness (QED) is 0.754. The molecule has 0 amide bonds. The van der Waals surface area contributed by atoms with Crippen LogP contribution in [0, 0.1) is 6.92 Å². The molecule has 0 unspecified atom stereocenters. The molecule has 3 nitrogen and oxygen atoms in total. The van der Waals surface area contributed by atoms with Gasteiger partial charge in [-0.05, 0) is 36.2 Å². The Labute approximate surface area is 119 Å². The van der Waals surface area contributed by atoms with E-state index in [0.29, 0.717) is 17.9 Å². The number of para-hydroxylation sites is 1. The average Bonchev–Trinajstić information content (AvgIpc) is 2.49. The summed E-state index contributed by atoms with van der Waals surface area (Å²) in [5, 5.41) is 0. The molecule has 0 N–H and O–H groups in total. The standard InChI is InChI=1S/C17H18O3/c1-13-4-3-5-15(12-18)17(13)20-11-10-14-6-8-16(19-2)9-7-14/h3-9,12H,10-11H2,1-2H3. The van der Waals surface area contributed by atoms with Crippen molar-refractivity contribution in [3.8, 4) is 11.5 Å². The van der Waals surface area contributed by atoms with Crippen LogP contribution in [0.3, 0.4) is 0 Å². The zero-order chi connectivity index (χ0) is 14.4. The van der Waals surface area contributed by atoms with Crippen molar-refractivity contribution >= 4 is 6.29 Å². The molecule has 0 bridgehead atoms. The first kappa shape index (κ1) is 14.1. The van der Waals surface area contributed by atoms with E-state index < -0.39 is 0 Å². The van der Waals surface area contributed by atoms with Crippen molar-refractivity contribution < 1.29 is 14.3 Å². The summed E-state index contributed by atoms with van der Waals surface area (Å²) >= 11 is 0. The molecule has 0 aromatic heterocycles. The molecule has 2 rings (SSSR count). The van der Waals surface area contributed by atoms with Gasteiger partial charge in [0.15, 0.2) is 6.29 Å². The second-order valence-electron chi connectivity index (χ2n) is 4.56. The maximum absolute atomic E-state index is 11.0. The van der Waals surface area contributed by atoms with Gasteiger partial charge in [-0.25, -0.2) is 0 Å². The first-order chi connectivity index (χ1) is 9.74. The van der Waals surface area contributed by atoms with Gasteiger partial charge >= 0.3 is 0 Å². The predicted octanol–water partition coefficient (Wildman–Crippen LogP) is 3.44. The molecule has 0 aliphatic heterocycles. The van der Waals surface area contributed by atoms with Crippen LogP contribution < -0.4 is 9.47 Å². The van der Waals surface area contributed by atoms with E-state index in [0.717, 1.165) is 24.0 Å². The van der Waals surface area contributed by atoms with E-state index in [9.17, 15) is 4.79 Å². The van der Waals surface area contributed by atoms with E-state index >= 15 is 0 Å². The molecule has 0 aliphatic carbocycles. The molecular weight excluding hydrogens is 252 g/mol. The van der Waals surface area contributed by atoms with Gasteiger partial charge < -0.3 is 9.47 Å². The molecule has 0 saturated carbocycles. The van der Waals surface area contributed by atoms with Gasteiger partial charge in [0.25, 0.3) is 0 Å². The summed E-state index contributed by atoms with van der Waals surface area (Å²) in [5.74, 6) is 1.52. The Morgan fingerprint density at radius 2 is 1.85 bits per heavy atom. The lowest BCUT2D eigenvalue weighted by Gasteiger charge is -2.11. The molecule has 0 spiro atoms. The monoisotopic (exact) mass is 270 g/mol. The first-order valence-corrected chi connectivity index (χ1v) is 6.55. The Bertz CT molecular complexity index is 573. The highest BCUT2D eigenvalue weighted by atomic mass is 16.5. The molecule has 0 fully saturated rings. The molecule has 0 heterocycles. The summed E-state index contributed by atoms with van der Waals surface area (Å²) in [6.45, 7) is 2.48. The fourth-order valence-electron chi connectivity index (χ4n) is 2.03. The van der Waals surface area contributed by atoms with Crippen LogP contribution in [0.2, 0.25) is 0 Å². The van der Waals surface area contributed by atoms with Gasteiger partial charge in [0.2, 0.25) is 0 Å². The molecule has 3 heteroatoms. The SMILES string of the molecule is COc1ccc(CCOc2c(C)cccc2C=O)cc1. The largest absolute Gasteiger partial charge is 0.497 e. The van der Waals surface area contributed by atoms with Gasteiger partial charge in [-0.1, -0.05) is 24.3 Å². The summed E-state index contributed by atoms with van der Waals surface area (Å²) < 4.78 is 10.9. The molecule has 0 radical (unpaired) electrons. The van der Waals surface area contributed by atoms with Crippen molar-refractivity contribution in [3.63, 3.8) is 0 Å². The fourth-order valence-corrected chi connectivity index (χ4v) is 2.03. The number of hydrogen-bond acceptors (Lipinski definition) is 3. The van der Waals surface area contributed by atoms with E-state index in [1.54, 1.807) is 13.2 Å². The summed E-state index contributed by atoms with van der Waals surface area (Å²) in [5.41, 5.74) is 2.75. The number of methoxy groups -OCH3 is 1. The Morgan fingerprint density at radius 3 is 2.50 bits per heavy atom. The van der Waals surface area contributed by atoms with Gasteiger partial charge in [-0.3, -0.25) is 4.79 Å². The first-order valence-electron chi connectivity index (χ1n) is 6.55. The van der Waals surface area contributed by atoms with Crippen molar-refractivity contribution in [1.29, 1.82) is 0 Å². The van der Waals surface area contributed by atoms with Crippen LogP contribution in [0.25, 0.3) is 0 Å². The molecule has 0 aliphatic rings. The molecular formula is C17H18O3. The number of hydrogen-bond donors (Lipinski definition) is 0. The smallest absolute Gasteiger partial charge is 0.153 e. The van der Waals surface area contributed by atoms with Crippen LogP contribution >= 0.6 is 0 Å². The van der Waals surface area contributed by atoms with Gasteiger partial charge in [-0.2, -0.15) is 0 Å². The second kappa shape index (κ2) is 6.75. The predicted molar refractivity (Wildman–Crippen MR) is 78.8 cm³/mol. The van der Waals surface area contributed by atoms with Crippen molar-refractivity contribution in [2.45, 2.75) is 13.3 Å². The third-order valence-corrected chi connectivity index (χ3v) is 3.17. The highest BCUT2D eigenvalue weighted by molar-refractivity contribution is 5.80. The average molecular weight is 270 g/mol. The Hall–Kier alpha value is -2.29. The molecule has 0 saturated heterocycles. The van der Waals surface area contributed by atoms with Crippen molar-refractivity contribution in [2.24, 2.45) is 0 Å². The van der Waals surface area contributed by atoms with E-state index in [1.165, 1.54) is 5.56 Å². The third-order valence-electron chi connectivity index (χ3n) is 3.17. The number of aryl methyl sites for hydroxylation is 1. The fraction of sp³-hybridized carbons (Fsp3) is 0.235. The van der Waals surface area contributed by atoms with Gasteiger partial charge in [-0.15, -0.1) is 0 Å². The minimum atomic E-state index is 0.540. The number of carbonyl (C=O) groups excluding carboxylic acids is 1. The number of benzene rings is 2. The Balaban J connectivity index is 1.97. The highest BCUT2D eigenvalue weighted by Gasteiger charge is 2.06.